The van der Waals surface area contributed by atoms with Gasteiger partial charge in [0, 0.05) is 48.5 Å². The molecule has 57 heavy (non-hydrogen) atoms. The van der Waals surface area contributed by atoms with Gasteiger partial charge in [0.25, 0.3) is 5.91 Å². The van der Waals surface area contributed by atoms with Gasteiger partial charge in [-0.15, -0.1) is 0 Å². The van der Waals surface area contributed by atoms with Crippen LogP contribution in [-0.2, 0) is 14.4 Å². The zero-order valence-electron chi connectivity index (χ0n) is 33.4. The molecule has 0 bridgehead atoms. The summed E-state index contributed by atoms with van der Waals surface area (Å²) < 4.78 is 18.8. The van der Waals surface area contributed by atoms with Gasteiger partial charge in [0.2, 0.25) is 11.8 Å². The number of benzene rings is 3. The third kappa shape index (κ3) is 11.9. The quantitative estimate of drug-likeness (QED) is 0.0714. The van der Waals surface area contributed by atoms with E-state index in [9.17, 15) is 14.4 Å². The number of piperidine rings is 1. The van der Waals surface area contributed by atoms with Gasteiger partial charge < -0.3 is 24.4 Å². The number of unbranched alkanes of at least 4 members (excludes halogenated alkanes) is 6. The van der Waals surface area contributed by atoms with Gasteiger partial charge in [-0.25, -0.2) is 9.97 Å². The molecule has 6 rings (SSSR count). The van der Waals surface area contributed by atoms with Crippen LogP contribution in [0.5, 0.6) is 17.2 Å². The number of hydrogen-bond donors (Lipinski definition) is 2. The van der Waals surface area contributed by atoms with Gasteiger partial charge in [-0.1, -0.05) is 72.3 Å². The standard InChI is InChI=1S/C44H55BrN6O6/c1-30(32-13-11-15-34(45)25-32)46-43-37-27-39(55-3)40(28-38(37)47-31(2)48-43)56-24-10-8-6-4-5-7-9-19-50-20-22-51(23-21-50)42(53)29-57-35-16-12-14-33(26-35)36-17-18-41(52)49-44(36)54/h11-16,25-28,30,36H,4-10,17-24,29H2,1-3H3,(H,46,47,48)(H,49,52,54)/t30-,36?/m1/s1. The predicted molar refractivity (Wildman–Crippen MR) is 225 cm³/mol. The fraction of sp³-hybridized carbons (Fsp3) is 0.477. The Morgan fingerprint density at radius 3 is 2.42 bits per heavy atom. The van der Waals surface area contributed by atoms with Crippen LogP contribution >= 0.6 is 15.9 Å². The first kappa shape index (κ1) is 41.9. The van der Waals surface area contributed by atoms with Gasteiger partial charge in [0.1, 0.15) is 17.4 Å². The highest BCUT2D eigenvalue weighted by Gasteiger charge is 2.28. The number of nitrogens with zero attached hydrogens (tertiary/aromatic N) is 4. The van der Waals surface area contributed by atoms with E-state index in [0.717, 1.165) is 71.2 Å². The summed E-state index contributed by atoms with van der Waals surface area (Å²) in [5, 5.41) is 6.85. The summed E-state index contributed by atoms with van der Waals surface area (Å²) in [7, 11) is 1.66. The average Bonchev–Trinajstić information content (AvgIpc) is 3.20. The molecule has 0 saturated carbocycles. The monoisotopic (exact) mass is 842 g/mol. The zero-order valence-corrected chi connectivity index (χ0v) is 34.9. The van der Waals surface area contributed by atoms with Crippen molar-refractivity contribution in [2.24, 2.45) is 0 Å². The smallest absolute Gasteiger partial charge is 0.260 e. The number of nitrogens with one attached hydrogen (secondary N) is 2. The average molecular weight is 844 g/mol. The Balaban J connectivity index is 0.829. The van der Waals surface area contributed by atoms with E-state index >= 15 is 0 Å². The van der Waals surface area contributed by atoms with Crippen LogP contribution in [0.25, 0.3) is 10.9 Å². The van der Waals surface area contributed by atoms with Crippen molar-refractivity contribution in [2.45, 2.75) is 83.6 Å². The topological polar surface area (TPSA) is 135 Å². The van der Waals surface area contributed by atoms with Gasteiger partial charge in [0.15, 0.2) is 18.1 Å². The fourth-order valence-corrected chi connectivity index (χ4v) is 7.91. The number of rotatable bonds is 19. The third-order valence-electron chi connectivity index (χ3n) is 10.8. The van der Waals surface area contributed by atoms with Gasteiger partial charge in [-0.2, -0.15) is 0 Å². The Bertz CT molecular complexity index is 2000. The van der Waals surface area contributed by atoms with Crippen LogP contribution in [0.3, 0.4) is 0 Å². The Kier molecular flexibility index (Phi) is 15.1. The number of aromatic nitrogens is 2. The largest absolute Gasteiger partial charge is 0.493 e. The number of halogens is 1. The molecule has 2 aliphatic heterocycles. The molecular weight excluding hydrogens is 788 g/mol. The summed E-state index contributed by atoms with van der Waals surface area (Å²) in [5.74, 6) is 2.44. The van der Waals surface area contributed by atoms with Crippen LogP contribution < -0.4 is 24.8 Å². The maximum atomic E-state index is 12.9. The van der Waals surface area contributed by atoms with Crippen molar-refractivity contribution in [3.05, 3.63) is 82.1 Å². The van der Waals surface area contributed by atoms with E-state index in [0.29, 0.717) is 55.6 Å². The lowest BCUT2D eigenvalue weighted by Gasteiger charge is -2.34. The molecule has 13 heteroatoms. The zero-order chi connectivity index (χ0) is 40.1. The van der Waals surface area contributed by atoms with E-state index in [1.807, 2.05) is 48.2 Å². The van der Waals surface area contributed by atoms with Crippen molar-refractivity contribution in [1.82, 2.24) is 25.1 Å². The van der Waals surface area contributed by atoms with Crippen molar-refractivity contribution in [3.8, 4) is 17.2 Å². The summed E-state index contributed by atoms with van der Waals surface area (Å²) in [6.07, 6.45) is 8.86. The van der Waals surface area contributed by atoms with Gasteiger partial charge in [-0.05, 0) is 81.1 Å². The predicted octanol–water partition coefficient (Wildman–Crippen LogP) is 7.74. The van der Waals surface area contributed by atoms with Crippen LogP contribution in [0, 0.1) is 6.92 Å². The van der Waals surface area contributed by atoms with Gasteiger partial charge >= 0.3 is 0 Å². The molecule has 4 aromatic rings. The number of carbonyl (C=O) groups excluding carboxylic acids is 3. The normalized spacial score (nSPS) is 16.6. The van der Waals surface area contributed by atoms with Crippen molar-refractivity contribution in [2.75, 3.05) is 58.4 Å². The first-order valence-electron chi connectivity index (χ1n) is 20.2. The van der Waals surface area contributed by atoms with Crippen LogP contribution in [0.15, 0.2) is 65.1 Å². The molecule has 2 fully saturated rings. The van der Waals surface area contributed by atoms with Crippen LogP contribution in [0.2, 0.25) is 0 Å². The molecule has 12 nitrogen and oxygen atoms in total. The van der Waals surface area contributed by atoms with Crippen molar-refractivity contribution >= 4 is 50.4 Å². The number of piperazine rings is 1. The Labute approximate surface area is 344 Å². The molecule has 2 saturated heterocycles. The van der Waals surface area contributed by atoms with Crippen LogP contribution in [0.4, 0.5) is 5.82 Å². The molecule has 3 aromatic carbocycles. The molecule has 0 spiro atoms. The second-order valence-electron chi connectivity index (χ2n) is 15.0. The summed E-state index contributed by atoms with van der Waals surface area (Å²) in [6, 6.07) is 19.5. The maximum absolute atomic E-state index is 12.9. The van der Waals surface area contributed by atoms with Crippen LogP contribution in [-0.4, -0.2) is 90.5 Å². The SMILES string of the molecule is COc1cc2c(N[C@H](C)c3cccc(Br)c3)nc(C)nc2cc1OCCCCCCCCCN1CCN(C(=O)COc2cccc(C3CCC(=O)NC3=O)c2)CC1. The highest BCUT2D eigenvalue weighted by molar-refractivity contribution is 9.10. The minimum atomic E-state index is -0.383. The second-order valence-corrected chi connectivity index (χ2v) is 15.9. The number of hydrogen-bond acceptors (Lipinski definition) is 10. The van der Waals surface area contributed by atoms with E-state index in [4.69, 9.17) is 24.2 Å². The van der Waals surface area contributed by atoms with E-state index in [1.165, 1.54) is 25.7 Å². The lowest BCUT2D eigenvalue weighted by atomic mass is 9.90. The van der Waals surface area contributed by atoms with Gasteiger partial charge in [0.05, 0.1) is 31.2 Å². The van der Waals surface area contributed by atoms with E-state index in [2.05, 4.69) is 50.5 Å². The van der Waals surface area contributed by atoms with Crippen molar-refractivity contribution < 1.29 is 28.6 Å². The number of carbonyl (C=O) groups is 3. The molecule has 0 aliphatic carbocycles. The molecule has 3 heterocycles. The Hall–Kier alpha value is -4.75. The molecule has 2 atom stereocenters. The summed E-state index contributed by atoms with van der Waals surface area (Å²) in [5.41, 5.74) is 2.76. The highest BCUT2D eigenvalue weighted by Crippen LogP contribution is 2.36. The third-order valence-corrected chi connectivity index (χ3v) is 11.3. The maximum Gasteiger partial charge on any atom is 0.260 e. The number of anilines is 1. The van der Waals surface area contributed by atoms with Crippen LogP contribution in [0.1, 0.15) is 93.6 Å². The molecule has 1 unspecified atom stereocenters. The minimum Gasteiger partial charge on any atom is -0.493 e. The van der Waals surface area contributed by atoms with E-state index in [1.54, 1.807) is 19.2 Å². The number of aryl methyl sites for hydroxylation is 1. The molecule has 2 N–H and O–H groups in total. The Morgan fingerprint density at radius 1 is 0.912 bits per heavy atom. The van der Waals surface area contributed by atoms with E-state index in [-0.39, 0.29) is 36.3 Å². The highest BCUT2D eigenvalue weighted by atomic mass is 79.9. The molecule has 0 radical (unpaired) electrons. The number of ether oxygens (including phenoxy) is 3. The number of methoxy groups -OCH3 is 1. The van der Waals surface area contributed by atoms with E-state index < -0.39 is 0 Å². The number of imide groups is 1. The molecular formula is C44H55BrN6O6. The Morgan fingerprint density at radius 2 is 1.67 bits per heavy atom. The second kappa shape index (κ2) is 20.6. The molecule has 2 aliphatic rings. The lowest BCUT2D eigenvalue weighted by molar-refractivity contribution is -0.136. The lowest BCUT2D eigenvalue weighted by Crippen LogP contribution is -2.50. The first-order chi connectivity index (χ1) is 27.7. The number of amides is 3. The first-order valence-corrected chi connectivity index (χ1v) is 21.0. The fourth-order valence-electron chi connectivity index (χ4n) is 7.49. The molecule has 304 valence electrons. The summed E-state index contributed by atoms with van der Waals surface area (Å²) >= 11 is 3.57. The van der Waals surface area contributed by atoms with Crippen molar-refractivity contribution in [1.29, 1.82) is 0 Å². The summed E-state index contributed by atoms with van der Waals surface area (Å²) in [4.78, 5) is 50.4. The van der Waals surface area contributed by atoms with Gasteiger partial charge in [-0.3, -0.25) is 24.6 Å². The molecule has 3 amide bonds. The van der Waals surface area contributed by atoms with Crippen molar-refractivity contribution in [3.63, 3.8) is 0 Å². The minimum absolute atomic E-state index is 0.0302. The summed E-state index contributed by atoms with van der Waals surface area (Å²) in [6.45, 7) is 8.79. The number of fused-ring (bicyclic) bond motifs is 1. The molecule has 1 aromatic heterocycles.